The summed E-state index contributed by atoms with van der Waals surface area (Å²) in [6.07, 6.45) is 14.8. The molecule has 0 amide bonds. The quantitative estimate of drug-likeness (QED) is 0.427. The molecule has 0 atom stereocenters. The van der Waals surface area contributed by atoms with E-state index >= 15 is 0 Å². The van der Waals surface area contributed by atoms with Gasteiger partial charge in [-0.25, -0.2) is 4.57 Å². The average molecular weight is 299 g/mol. The lowest BCUT2D eigenvalue weighted by Gasteiger charge is -2.05. The summed E-state index contributed by atoms with van der Waals surface area (Å²) in [5.41, 5.74) is 1.28. The number of imidazole rings is 1. The highest BCUT2D eigenvalue weighted by molar-refractivity contribution is 5.31. The normalized spacial score (nSPS) is 11.0. The minimum Gasteiger partial charge on any atom is -0.234 e. The minimum atomic E-state index is 1.15. The fraction of sp³-hybridized carbons (Fsp3) is 0.550. The summed E-state index contributed by atoms with van der Waals surface area (Å²) in [4.78, 5) is 0. The highest BCUT2D eigenvalue weighted by Crippen LogP contribution is 2.12. The summed E-state index contributed by atoms with van der Waals surface area (Å²) in [6, 6.07) is 10.7. The Labute approximate surface area is 135 Å². The molecule has 0 aliphatic carbocycles. The first-order valence-corrected chi connectivity index (χ1v) is 9.02. The highest BCUT2D eigenvalue weighted by Gasteiger charge is 2.17. The van der Waals surface area contributed by atoms with Crippen LogP contribution in [0.25, 0.3) is 5.69 Å². The lowest BCUT2D eigenvalue weighted by molar-refractivity contribution is -0.704. The third kappa shape index (κ3) is 4.72. The molecule has 2 heteroatoms. The van der Waals surface area contributed by atoms with Gasteiger partial charge in [0.05, 0.1) is 6.54 Å². The van der Waals surface area contributed by atoms with E-state index in [2.05, 4.69) is 65.7 Å². The largest absolute Gasteiger partial charge is 0.261 e. The number of hydrogen-bond donors (Lipinski definition) is 0. The number of unbranched alkanes of at least 4 members (excludes halogenated alkanes) is 5. The number of hydrogen-bond acceptors (Lipinski definition) is 0. The Morgan fingerprint density at radius 2 is 1.59 bits per heavy atom. The molecular weight excluding hydrogens is 268 g/mol. The maximum atomic E-state index is 2.47. The van der Waals surface area contributed by atoms with Gasteiger partial charge in [-0.1, -0.05) is 57.7 Å². The van der Waals surface area contributed by atoms with Crippen molar-refractivity contribution in [3.05, 3.63) is 48.5 Å². The van der Waals surface area contributed by atoms with Gasteiger partial charge < -0.3 is 0 Å². The monoisotopic (exact) mass is 299 g/mol. The fourth-order valence-electron chi connectivity index (χ4n) is 2.99. The topological polar surface area (TPSA) is 8.81 Å². The van der Waals surface area contributed by atoms with Gasteiger partial charge in [0.15, 0.2) is 0 Å². The molecule has 22 heavy (non-hydrogen) atoms. The molecule has 0 spiro atoms. The van der Waals surface area contributed by atoms with Crippen molar-refractivity contribution in [2.75, 3.05) is 0 Å². The van der Waals surface area contributed by atoms with Gasteiger partial charge in [0, 0.05) is 6.42 Å². The maximum Gasteiger partial charge on any atom is 0.261 e. The summed E-state index contributed by atoms with van der Waals surface area (Å²) in [5, 5.41) is 0. The Balaban J connectivity index is 2.12. The van der Waals surface area contributed by atoms with Crippen LogP contribution in [-0.2, 0) is 13.0 Å². The number of aromatic nitrogens is 2. The van der Waals surface area contributed by atoms with Crippen molar-refractivity contribution in [3.8, 4) is 5.69 Å². The Morgan fingerprint density at radius 1 is 0.864 bits per heavy atom. The standard InChI is InChI=1S/C20H31N2/c1-3-5-7-12-16-21-17-18-22(19-13-10-8-11-14-19)20(21)15-9-6-4-2/h8,10-11,13-14,17-18H,3-7,9,12,15-16H2,1-2H3/q+1. The first kappa shape index (κ1) is 16.8. The molecule has 0 radical (unpaired) electrons. The summed E-state index contributed by atoms with van der Waals surface area (Å²) >= 11 is 0. The molecule has 120 valence electrons. The second kappa shape index (κ2) is 9.45. The molecular formula is C20H31N2+. The van der Waals surface area contributed by atoms with Crippen LogP contribution in [0.3, 0.4) is 0 Å². The number of nitrogens with zero attached hydrogens (tertiary/aromatic N) is 2. The molecule has 0 aliphatic rings. The zero-order valence-electron chi connectivity index (χ0n) is 14.3. The third-order valence-corrected chi connectivity index (χ3v) is 4.30. The molecule has 1 aromatic heterocycles. The van der Waals surface area contributed by atoms with Crippen LogP contribution in [0.15, 0.2) is 42.7 Å². The summed E-state index contributed by atoms with van der Waals surface area (Å²) in [5.74, 6) is 1.45. The highest BCUT2D eigenvalue weighted by atomic mass is 15.1. The van der Waals surface area contributed by atoms with Gasteiger partial charge >= 0.3 is 0 Å². The van der Waals surface area contributed by atoms with Gasteiger partial charge in [0.25, 0.3) is 5.82 Å². The summed E-state index contributed by atoms with van der Waals surface area (Å²) in [6.45, 7) is 5.70. The van der Waals surface area contributed by atoms with Crippen molar-refractivity contribution in [1.82, 2.24) is 4.57 Å². The molecule has 0 saturated carbocycles. The predicted molar refractivity (Wildman–Crippen MR) is 93.3 cm³/mol. The molecule has 0 saturated heterocycles. The Hall–Kier alpha value is -1.57. The number of para-hydroxylation sites is 1. The van der Waals surface area contributed by atoms with Crippen LogP contribution in [0.5, 0.6) is 0 Å². The molecule has 1 heterocycles. The second-order valence-corrected chi connectivity index (χ2v) is 6.13. The molecule has 2 rings (SSSR count). The van der Waals surface area contributed by atoms with Crippen molar-refractivity contribution in [1.29, 1.82) is 0 Å². The lowest BCUT2D eigenvalue weighted by Crippen LogP contribution is -2.37. The van der Waals surface area contributed by atoms with E-state index in [1.54, 1.807) is 0 Å². The van der Waals surface area contributed by atoms with Crippen LogP contribution in [0.2, 0.25) is 0 Å². The van der Waals surface area contributed by atoms with Crippen LogP contribution in [0.4, 0.5) is 0 Å². The number of aryl methyl sites for hydroxylation is 1. The molecule has 1 aromatic carbocycles. The van der Waals surface area contributed by atoms with E-state index in [1.165, 1.54) is 62.9 Å². The van der Waals surface area contributed by atoms with Crippen LogP contribution in [-0.4, -0.2) is 4.57 Å². The molecule has 0 aliphatic heterocycles. The molecule has 0 N–H and O–H groups in total. The Morgan fingerprint density at radius 3 is 2.32 bits per heavy atom. The number of benzene rings is 1. The molecule has 0 unspecified atom stereocenters. The Bertz CT molecular complexity index is 528. The van der Waals surface area contributed by atoms with Gasteiger partial charge in [0.1, 0.15) is 18.1 Å². The Kier molecular flexibility index (Phi) is 7.21. The van der Waals surface area contributed by atoms with Crippen LogP contribution < -0.4 is 4.57 Å². The molecule has 2 aromatic rings. The van der Waals surface area contributed by atoms with E-state index in [9.17, 15) is 0 Å². The summed E-state index contributed by atoms with van der Waals surface area (Å²) in [7, 11) is 0. The zero-order valence-corrected chi connectivity index (χ0v) is 14.3. The van der Waals surface area contributed by atoms with Crippen molar-refractivity contribution in [3.63, 3.8) is 0 Å². The third-order valence-electron chi connectivity index (χ3n) is 4.30. The lowest BCUT2D eigenvalue weighted by atomic mass is 10.2. The number of rotatable bonds is 10. The van der Waals surface area contributed by atoms with Crippen LogP contribution in [0, 0.1) is 0 Å². The van der Waals surface area contributed by atoms with E-state index in [0.717, 1.165) is 6.54 Å². The summed E-state index contributed by atoms with van der Waals surface area (Å²) < 4.78 is 4.84. The molecule has 0 bridgehead atoms. The van der Waals surface area contributed by atoms with Gasteiger partial charge in [-0.2, -0.15) is 4.57 Å². The smallest absolute Gasteiger partial charge is 0.234 e. The van der Waals surface area contributed by atoms with Gasteiger partial charge in [0.2, 0.25) is 0 Å². The van der Waals surface area contributed by atoms with Crippen molar-refractivity contribution < 1.29 is 4.57 Å². The van der Waals surface area contributed by atoms with Crippen molar-refractivity contribution in [2.45, 2.75) is 71.8 Å². The van der Waals surface area contributed by atoms with E-state index < -0.39 is 0 Å². The second-order valence-electron chi connectivity index (χ2n) is 6.13. The van der Waals surface area contributed by atoms with E-state index in [1.807, 2.05) is 0 Å². The van der Waals surface area contributed by atoms with Crippen molar-refractivity contribution in [2.24, 2.45) is 0 Å². The van der Waals surface area contributed by atoms with E-state index in [0.29, 0.717) is 0 Å². The maximum absolute atomic E-state index is 2.47. The molecule has 0 fully saturated rings. The minimum absolute atomic E-state index is 1.15. The predicted octanol–water partition coefficient (Wildman–Crippen LogP) is 5.08. The first-order valence-electron chi connectivity index (χ1n) is 9.02. The van der Waals surface area contributed by atoms with Crippen LogP contribution >= 0.6 is 0 Å². The fourth-order valence-corrected chi connectivity index (χ4v) is 2.99. The SMILES string of the molecule is CCCCCC[n+]1ccn(-c2ccccc2)c1CCCCC. The first-order chi connectivity index (χ1) is 10.9. The van der Waals surface area contributed by atoms with Crippen LogP contribution in [0.1, 0.15) is 64.6 Å². The van der Waals surface area contributed by atoms with E-state index in [-0.39, 0.29) is 0 Å². The zero-order chi connectivity index (χ0) is 15.6. The average Bonchev–Trinajstić information content (AvgIpc) is 2.96. The van der Waals surface area contributed by atoms with Gasteiger partial charge in [-0.3, -0.25) is 0 Å². The van der Waals surface area contributed by atoms with Crippen molar-refractivity contribution >= 4 is 0 Å². The van der Waals surface area contributed by atoms with Gasteiger partial charge in [-0.15, -0.1) is 0 Å². The molecule has 2 nitrogen and oxygen atoms in total. The van der Waals surface area contributed by atoms with Gasteiger partial charge in [-0.05, 0) is 31.4 Å². The van der Waals surface area contributed by atoms with E-state index in [4.69, 9.17) is 0 Å².